The van der Waals surface area contributed by atoms with Crippen LogP contribution in [0.2, 0.25) is 0 Å². The highest BCUT2D eigenvalue weighted by Gasteiger charge is 2.16. The SMILES string of the molecule is c1ccc(-c2ccc(-c3nc(-c4ccc(-n5c6ccccc6c6ccc(-c7ccc8ccccc8c7)cc65)cc4)nc(-c4ccc5ccccc5c4)n3)cc2)cc1. The number of hydrogen-bond donors (Lipinski definition) is 0. The summed E-state index contributed by atoms with van der Waals surface area (Å²) in [5, 5.41) is 7.25. The maximum atomic E-state index is 5.10. The van der Waals surface area contributed by atoms with E-state index in [-0.39, 0.29) is 0 Å². The van der Waals surface area contributed by atoms with E-state index in [0.29, 0.717) is 17.5 Å². The molecule has 0 atom stereocenters. The summed E-state index contributed by atoms with van der Waals surface area (Å²) >= 11 is 0. The van der Waals surface area contributed by atoms with Gasteiger partial charge in [-0.2, -0.15) is 0 Å². The molecule has 0 saturated heterocycles. The fourth-order valence-corrected chi connectivity index (χ4v) is 8.09. The summed E-state index contributed by atoms with van der Waals surface area (Å²) in [4.78, 5) is 15.3. The Hall–Kier alpha value is -7.69. The molecule has 11 rings (SSSR count). The highest BCUT2D eigenvalue weighted by molar-refractivity contribution is 6.10. The van der Waals surface area contributed by atoms with E-state index in [9.17, 15) is 0 Å². The van der Waals surface area contributed by atoms with Gasteiger partial charge in [-0.15, -0.1) is 0 Å². The average Bonchev–Trinajstić information content (AvgIpc) is 3.62. The van der Waals surface area contributed by atoms with E-state index in [0.717, 1.165) is 44.4 Å². The van der Waals surface area contributed by atoms with Crippen LogP contribution in [0.25, 0.3) is 105 Å². The highest BCUT2D eigenvalue weighted by Crippen LogP contribution is 2.36. The molecule has 4 heteroatoms. The molecular formula is C53H34N4. The minimum Gasteiger partial charge on any atom is -0.309 e. The number of benzene rings is 9. The van der Waals surface area contributed by atoms with Gasteiger partial charge in [-0.1, -0.05) is 158 Å². The van der Waals surface area contributed by atoms with Crippen molar-refractivity contribution in [2.45, 2.75) is 0 Å². The van der Waals surface area contributed by atoms with Crippen LogP contribution in [0.5, 0.6) is 0 Å². The summed E-state index contributed by atoms with van der Waals surface area (Å²) in [6.07, 6.45) is 0. The Balaban J connectivity index is 1.02. The molecule has 0 radical (unpaired) electrons. The van der Waals surface area contributed by atoms with Crippen LogP contribution in [0.4, 0.5) is 0 Å². The molecule has 0 fully saturated rings. The molecule has 2 aromatic heterocycles. The number of hydrogen-bond acceptors (Lipinski definition) is 3. The van der Waals surface area contributed by atoms with Gasteiger partial charge in [-0.05, 0) is 92.3 Å². The van der Waals surface area contributed by atoms with Gasteiger partial charge < -0.3 is 4.57 Å². The Labute approximate surface area is 330 Å². The summed E-state index contributed by atoms with van der Waals surface area (Å²) in [5.41, 5.74) is 10.9. The molecule has 0 unspecified atom stereocenters. The summed E-state index contributed by atoms with van der Waals surface area (Å²) in [6, 6.07) is 73.0. The topological polar surface area (TPSA) is 43.6 Å². The lowest BCUT2D eigenvalue weighted by molar-refractivity contribution is 1.07. The first-order valence-corrected chi connectivity index (χ1v) is 19.3. The van der Waals surface area contributed by atoms with Gasteiger partial charge in [0.05, 0.1) is 11.0 Å². The first kappa shape index (κ1) is 32.7. The first-order chi connectivity index (χ1) is 28.2. The normalized spacial score (nSPS) is 11.5. The molecule has 4 nitrogen and oxygen atoms in total. The number of fused-ring (bicyclic) bond motifs is 5. The summed E-state index contributed by atoms with van der Waals surface area (Å²) in [6.45, 7) is 0. The molecule has 9 aromatic carbocycles. The molecular weight excluding hydrogens is 693 g/mol. The summed E-state index contributed by atoms with van der Waals surface area (Å²) < 4.78 is 2.37. The Morgan fingerprint density at radius 2 is 0.702 bits per heavy atom. The van der Waals surface area contributed by atoms with Crippen molar-refractivity contribution in [2.24, 2.45) is 0 Å². The second-order valence-electron chi connectivity index (χ2n) is 14.5. The number of para-hydroxylation sites is 1. The van der Waals surface area contributed by atoms with Crippen molar-refractivity contribution in [3.05, 3.63) is 206 Å². The predicted octanol–water partition coefficient (Wildman–Crippen LogP) is 13.6. The monoisotopic (exact) mass is 726 g/mol. The van der Waals surface area contributed by atoms with Gasteiger partial charge >= 0.3 is 0 Å². The summed E-state index contributed by atoms with van der Waals surface area (Å²) in [7, 11) is 0. The van der Waals surface area contributed by atoms with Gasteiger partial charge in [-0.25, -0.2) is 15.0 Å². The van der Waals surface area contributed by atoms with Crippen molar-refractivity contribution < 1.29 is 0 Å². The third-order valence-corrected chi connectivity index (χ3v) is 11.0. The molecule has 0 saturated carbocycles. The fourth-order valence-electron chi connectivity index (χ4n) is 8.09. The molecule has 0 spiro atoms. The standard InChI is InChI=1S/C53H34N4/c1-2-10-35(11-3-1)38-18-22-39(23-19-38)51-54-52(56-53(55-51)45-25-21-37-13-5-7-15-42(37)33-45)40-26-29-46(30-27-40)57-49-17-9-8-16-47(49)48-31-28-44(34-50(48)57)43-24-20-36-12-4-6-14-41(36)32-43/h1-34H. The van der Waals surface area contributed by atoms with Crippen LogP contribution in [0.1, 0.15) is 0 Å². The molecule has 2 heterocycles. The lowest BCUT2D eigenvalue weighted by Crippen LogP contribution is -2.01. The lowest BCUT2D eigenvalue weighted by Gasteiger charge is -2.12. The van der Waals surface area contributed by atoms with Crippen LogP contribution < -0.4 is 0 Å². The van der Waals surface area contributed by atoms with E-state index in [1.165, 1.54) is 43.6 Å². The van der Waals surface area contributed by atoms with Crippen molar-refractivity contribution in [1.29, 1.82) is 0 Å². The first-order valence-electron chi connectivity index (χ1n) is 19.3. The Morgan fingerprint density at radius 1 is 0.263 bits per heavy atom. The number of nitrogens with zero attached hydrogens (tertiary/aromatic N) is 4. The number of aromatic nitrogens is 4. The van der Waals surface area contributed by atoms with E-state index >= 15 is 0 Å². The Morgan fingerprint density at radius 3 is 1.39 bits per heavy atom. The Kier molecular flexibility index (Phi) is 7.78. The molecule has 0 aliphatic carbocycles. The quantitative estimate of drug-likeness (QED) is 0.171. The minimum absolute atomic E-state index is 0.627. The van der Waals surface area contributed by atoms with Crippen molar-refractivity contribution in [3.63, 3.8) is 0 Å². The van der Waals surface area contributed by atoms with E-state index < -0.39 is 0 Å². The van der Waals surface area contributed by atoms with Crippen LogP contribution in [0, 0.1) is 0 Å². The third kappa shape index (κ3) is 5.92. The van der Waals surface area contributed by atoms with Gasteiger partial charge in [-0.3, -0.25) is 0 Å². The van der Waals surface area contributed by atoms with Crippen LogP contribution in [-0.4, -0.2) is 19.5 Å². The molecule has 11 aromatic rings. The van der Waals surface area contributed by atoms with Crippen molar-refractivity contribution in [3.8, 4) is 62.1 Å². The van der Waals surface area contributed by atoms with Crippen LogP contribution in [0.3, 0.4) is 0 Å². The molecule has 57 heavy (non-hydrogen) atoms. The second-order valence-corrected chi connectivity index (χ2v) is 14.5. The number of rotatable bonds is 6. The molecule has 0 amide bonds. The van der Waals surface area contributed by atoms with Crippen molar-refractivity contribution in [1.82, 2.24) is 19.5 Å². The molecule has 0 aliphatic heterocycles. The van der Waals surface area contributed by atoms with Gasteiger partial charge in [0, 0.05) is 33.2 Å². The van der Waals surface area contributed by atoms with Crippen molar-refractivity contribution in [2.75, 3.05) is 0 Å². The summed E-state index contributed by atoms with van der Waals surface area (Å²) in [5.74, 6) is 1.90. The second kappa shape index (κ2) is 13.6. The zero-order chi connectivity index (χ0) is 37.7. The zero-order valence-electron chi connectivity index (χ0n) is 30.9. The van der Waals surface area contributed by atoms with E-state index in [1.54, 1.807) is 0 Å². The lowest BCUT2D eigenvalue weighted by atomic mass is 10.00. The minimum atomic E-state index is 0.627. The molecule has 266 valence electrons. The Bertz CT molecular complexity index is 3270. The smallest absolute Gasteiger partial charge is 0.164 e. The van der Waals surface area contributed by atoms with Crippen LogP contribution >= 0.6 is 0 Å². The molecule has 0 aliphatic rings. The fraction of sp³-hybridized carbons (Fsp3) is 0. The van der Waals surface area contributed by atoms with Gasteiger partial charge in [0.2, 0.25) is 0 Å². The van der Waals surface area contributed by atoms with Crippen LogP contribution in [-0.2, 0) is 0 Å². The largest absolute Gasteiger partial charge is 0.309 e. The average molecular weight is 727 g/mol. The molecule has 0 N–H and O–H groups in total. The highest BCUT2D eigenvalue weighted by atomic mass is 15.0. The van der Waals surface area contributed by atoms with E-state index in [4.69, 9.17) is 15.0 Å². The van der Waals surface area contributed by atoms with Gasteiger partial charge in [0.25, 0.3) is 0 Å². The van der Waals surface area contributed by atoms with E-state index in [1.807, 2.05) is 6.07 Å². The molecule has 0 bridgehead atoms. The van der Waals surface area contributed by atoms with Crippen molar-refractivity contribution >= 4 is 43.4 Å². The zero-order valence-corrected chi connectivity index (χ0v) is 30.9. The van der Waals surface area contributed by atoms with Gasteiger partial charge in [0.1, 0.15) is 0 Å². The van der Waals surface area contributed by atoms with E-state index in [2.05, 4.69) is 205 Å². The predicted molar refractivity (Wildman–Crippen MR) is 236 cm³/mol. The third-order valence-electron chi connectivity index (χ3n) is 11.0. The maximum Gasteiger partial charge on any atom is 0.164 e. The maximum absolute atomic E-state index is 5.10. The van der Waals surface area contributed by atoms with Crippen LogP contribution in [0.15, 0.2) is 206 Å². The van der Waals surface area contributed by atoms with Gasteiger partial charge in [0.15, 0.2) is 17.5 Å².